The monoisotopic (exact) mass is 484 g/mol. The van der Waals surface area contributed by atoms with Crippen molar-refractivity contribution >= 4 is 21.8 Å². The zero-order valence-electron chi connectivity index (χ0n) is 19.7. The smallest absolute Gasteiger partial charge is 0.339 e. The van der Waals surface area contributed by atoms with Gasteiger partial charge in [0.25, 0.3) is 0 Å². The Morgan fingerprint density at radius 3 is 2.26 bits per heavy atom. The van der Waals surface area contributed by atoms with Gasteiger partial charge >= 0.3 is 16.1 Å². The molecule has 0 radical (unpaired) electrons. The molecule has 6 nitrogen and oxygen atoms in total. The molecule has 0 aromatic heterocycles. The van der Waals surface area contributed by atoms with Gasteiger partial charge in [-0.05, 0) is 80.8 Å². The van der Waals surface area contributed by atoms with E-state index in [2.05, 4.69) is 5.32 Å². The fourth-order valence-electron chi connectivity index (χ4n) is 3.41. The fraction of sp³-hybridized carbons (Fsp3) is 0.269. The summed E-state index contributed by atoms with van der Waals surface area (Å²) in [5.74, 6) is -0.404. The molecule has 34 heavy (non-hydrogen) atoms. The quantitative estimate of drug-likeness (QED) is 0.395. The lowest BCUT2D eigenvalue weighted by atomic mass is 10.1. The molecule has 2 amide bonds. The summed E-state index contributed by atoms with van der Waals surface area (Å²) in [4.78, 5) is 14.7. The molecular weight excluding hydrogens is 455 g/mol. The Morgan fingerprint density at radius 1 is 1.03 bits per heavy atom. The van der Waals surface area contributed by atoms with E-state index in [4.69, 9.17) is 4.18 Å². The zero-order chi connectivity index (χ0) is 24.9. The molecule has 0 aliphatic carbocycles. The van der Waals surface area contributed by atoms with Crippen LogP contribution in [-0.4, -0.2) is 25.4 Å². The third-order valence-corrected chi connectivity index (χ3v) is 6.85. The molecule has 0 saturated carbocycles. The summed E-state index contributed by atoms with van der Waals surface area (Å²) >= 11 is 0. The average Bonchev–Trinajstić information content (AvgIpc) is 2.80. The zero-order valence-corrected chi connectivity index (χ0v) is 20.5. The first-order valence-corrected chi connectivity index (χ1v) is 12.4. The number of aryl methyl sites for hydroxylation is 2. The number of amides is 2. The first-order valence-electron chi connectivity index (χ1n) is 11.0. The first kappa shape index (κ1) is 25.2. The highest BCUT2D eigenvalue weighted by molar-refractivity contribution is 7.87. The maximum absolute atomic E-state index is 13.1. The number of benzene rings is 3. The predicted octanol–water partition coefficient (Wildman–Crippen LogP) is 6.04. The van der Waals surface area contributed by atoms with Gasteiger partial charge in [-0.1, -0.05) is 36.8 Å². The van der Waals surface area contributed by atoms with Crippen LogP contribution in [0.5, 0.6) is 5.75 Å². The van der Waals surface area contributed by atoms with Crippen LogP contribution in [0.4, 0.5) is 14.9 Å². The van der Waals surface area contributed by atoms with Gasteiger partial charge in [0.05, 0.1) is 0 Å². The summed E-state index contributed by atoms with van der Waals surface area (Å²) in [5.41, 5.74) is 3.70. The molecule has 0 heterocycles. The summed E-state index contributed by atoms with van der Waals surface area (Å²) in [6.45, 7) is 8.29. The summed E-state index contributed by atoms with van der Waals surface area (Å²) in [6.07, 6.45) is 0.775. The van der Waals surface area contributed by atoms with E-state index in [9.17, 15) is 17.6 Å². The topological polar surface area (TPSA) is 75.7 Å². The van der Waals surface area contributed by atoms with E-state index in [1.807, 2.05) is 45.9 Å². The first-order chi connectivity index (χ1) is 16.1. The van der Waals surface area contributed by atoms with Crippen LogP contribution in [-0.2, 0) is 16.7 Å². The normalized spacial score (nSPS) is 12.1. The highest BCUT2D eigenvalue weighted by Gasteiger charge is 2.21. The van der Waals surface area contributed by atoms with Crippen molar-refractivity contribution in [3.63, 3.8) is 0 Å². The van der Waals surface area contributed by atoms with Crippen LogP contribution in [0.15, 0.2) is 71.6 Å². The van der Waals surface area contributed by atoms with E-state index in [1.165, 1.54) is 12.1 Å². The van der Waals surface area contributed by atoms with E-state index in [1.54, 1.807) is 17.0 Å². The van der Waals surface area contributed by atoms with E-state index < -0.39 is 15.9 Å². The number of nitrogens with zero attached hydrogens (tertiary/aromatic N) is 1. The number of hydrogen-bond donors (Lipinski definition) is 1. The van der Waals surface area contributed by atoms with Crippen LogP contribution >= 0.6 is 0 Å². The summed E-state index contributed by atoms with van der Waals surface area (Å²) in [7, 11) is -4.08. The Morgan fingerprint density at radius 2 is 1.68 bits per heavy atom. The van der Waals surface area contributed by atoms with Gasteiger partial charge in [0.2, 0.25) is 0 Å². The number of carbonyl (C=O) groups excluding carboxylic acids is 1. The molecule has 1 atom stereocenters. The van der Waals surface area contributed by atoms with Gasteiger partial charge in [-0.2, -0.15) is 8.42 Å². The maximum Gasteiger partial charge on any atom is 0.339 e. The molecule has 0 spiro atoms. The molecule has 0 fully saturated rings. The van der Waals surface area contributed by atoms with E-state index in [0.717, 1.165) is 53.1 Å². The van der Waals surface area contributed by atoms with Crippen LogP contribution in [0.2, 0.25) is 0 Å². The van der Waals surface area contributed by atoms with Crippen molar-refractivity contribution in [2.24, 2.45) is 0 Å². The van der Waals surface area contributed by atoms with Gasteiger partial charge in [-0.15, -0.1) is 0 Å². The molecule has 1 unspecified atom stereocenters. The molecule has 0 bridgehead atoms. The van der Waals surface area contributed by atoms with Gasteiger partial charge in [-0.3, -0.25) is 0 Å². The van der Waals surface area contributed by atoms with Crippen LogP contribution in [0.3, 0.4) is 0 Å². The van der Waals surface area contributed by atoms with Crippen molar-refractivity contribution in [1.29, 1.82) is 0 Å². The molecule has 3 aromatic carbocycles. The number of carbonyl (C=O) groups is 1. The van der Waals surface area contributed by atoms with Crippen molar-refractivity contribution < 1.29 is 21.8 Å². The lowest BCUT2D eigenvalue weighted by Crippen LogP contribution is -2.40. The Balaban J connectivity index is 1.72. The van der Waals surface area contributed by atoms with Gasteiger partial charge in [0.1, 0.15) is 16.5 Å². The molecule has 3 aromatic rings. The van der Waals surface area contributed by atoms with Crippen molar-refractivity contribution in [3.05, 3.63) is 89.2 Å². The minimum Gasteiger partial charge on any atom is -0.379 e. The minimum atomic E-state index is -4.08. The molecule has 0 saturated heterocycles. The second kappa shape index (κ2) is 10.7. The minimum absolute atomic E-state index is 0.0134. The van der Waals surface area contributed by atoms with Gasteiger partial charge < -0.3 is 14.4 Å². The molecular formula is C26H29FN2O4S. The van der Waals surface area contributed by atoms with Crippen molar-refractivity contribution in [3.8, 4) is 5.75 Å². The Labute approximate surface area is 200 Å². The summed E-state index contributed by atoms with van der Waals surface area (Å²) < 4.78 is 43.1. The lowest BCUT2D eigenvalue weighted by molar-refractivity contribution is 0.187. The van der Waals surface area contributed by atoms with Crippen molar-refractivity contribution in [2.75, 3.05) is 5.32 Å². The van der Waals surface area contributed by atoms with Gasteiger partial charge in [0.15, 0.2) is 0 Å². The van der Waals surface area contributed by atoms with Crippen LogP contribution < -0.4 is 9.50 Å². The highest BCUT2D eigenvalue weighted by Crippen LogP contribution is 2.22. The van der Waals surface area contributed by atoms with E-state index >= 15 is 0 Å². The SMILES string of the molecule is CCC(C)N(Cc1ccc(OS(=O)(=O)c2ccc(F)cc2)cc1)C(=O)Nc1ccc(C)cc1C. The number of anilines is 1. The van der Waals surface area contributed by atoms with E-state index in [-0.39, 0.29) is 22.7 Å². The standard InChI is InChI=1S/C26H29FN2O4S/c1-5-20(4)29(26(30)28-25-15-6-18(2)16-19(25)3)17-21-7-11-23(12-8-21)33-34(31,32)24-13-9-22(27)10-14-24/h6-16,20H,5,17H2,1-4H3,(H,28,30). The van der Waals surface area contributed by atoms with Crippen LogP contribution in [0.25, 0.3) is 0 Å². The molecule has 180 valence electrons. The van der Waals surface area contributed by atoms with Crippen LogP contribution in [0.1, 0.15) is 37.0 Å². The van der Waals surface area contributed by atoms with Crippen LogP contribution in [0, 0.1) is 19.7 Å². The van der Waals surface area contributed by atoms with E-state index in [0.29, 0.717) is 6.54 Å². The number of nitrogens with one attached hydrogen (secondary N) is 1. The molecule has 0 aliphatic heterocycles. The molecule has 8 heteroatoms. The average molecular weight is 485 g/mol. The summed E-state index contributed by atoms with van der Waals surface area (Å²) in [6, 6.07) is 16.6. The third kappa shape index (κ3) is 6.35. The molecule has 3 rings (SSSR count). The Bertz CT molecular complexity index is 1240. The number of urea groups is 1. The van der Waals surface area contributed by atoms with Crippen molar-refractivity contribution in [1.82, 2.24) is 4.90 Å². The van der Waals surface area contributed by atoms with Crippen molar-refractivity contribution in [2.45, 2.75) is 51.6 Å². The second-order valence-electron chi connectivity index (χ2n) is 8.27. The summed E-state index contributed by atoms with van der Waals surface area (Å²) in [5, 5.41) is 2.99. The van der Waals surface area contributed by atoms with Gasteiger partial charge in [-0.25, -0.2) is 9.18 Å². The second-order valence-corrected chi connectivity index (χ2v) is 9.82. The number of halogens is 1. The Hall–Kier alpha value is -3.39. The largest absolute Gasteiger partial charge is 0.379 e. The highest BCUT2D eigenvalue weighted by atomic mass is 32.2. The Kier molecular flexibility index (Phi) is 7.94. The number of hydrogen-bond acceptors (Lipinski definition) is 4. The molecule has 0 aliphatic rings. The van der Waals surface area contributed by atoms with Gasteiger partial charge in [0, 0.05) is 18.3 Å². The fourth-order valence-corrected chi connectivity index (χ4v) is 4.34. The lowest BCUT2D eigenvalue weighted by Gasteiger charge is -2.29. The predicted molar refractivity (Wildman–Crippen MR) is 131 cm³/mol. The maximum atomic E-state index is 13.1. The number of rotatable bonds is 8. The molecule has 1 N–H and O–H groups in total. The third-order valence-electron chi connectivity index (χ3n) is 5.59.